The van der Waals surface area contributed by atoms with Crippen LogP contribution in [0.25, 0.3) is 0 Å². The van der Waals surface area contributed by atoms with Gasteiger partial charge in [-0.2, -0.15) is 0 Å². The average Bonchev–Trinajstić information content (AvgIpc) is 2.78. The largest absolute Gasteiger partial charge is 0.393 e. The predicted molar refractivity (Wildman–Crippen MR) is 75.4 cm³/mol. The van der Waals surface area contributed by atoms with E-state index in [4.69, 9.17) is 0 Å². The molecule has 0 unspecified atom stereocenters. The van der Waals surface area contributed by atoms with Gasteiger partial charge in [-0.15, -0.1) is 11.3 Å². The lowest BCUT2D eigenvalue weighted by Crippen LogP contribution is -2.44. The summed E-state index contributed by atoms with van der Waals surface area (Å²) < 4.78 is 0. The van der Waals surface area contributed by atoms with Gasteiger partial charge in [0.1, 0.15) is 0 Å². The van der Waals surface area contributed by atoms with Gasteiger partial charge in [0, 0.05) is 24.4 Å². The Labute approximate surface area is 117 Å². The summed E-state index contributed by atoms with van der Waals surface area (Å²) in [5, 5.41) is 18.3. The van der Waals surface area contributed by atoms with Crippen LogP contribution in [0.5, 0.6) is 0 Å². The first kappa shape index (κ1) is 14.3. The fraction of sp³-hybridized carbons (Fsp3) is 0.692. The minimum Gasteiger partial charge on any atom is -0.393 e. The minimum absolute atomic E-state index is 0.117. The molecule has 1 saturated carbocycles. The van der Waals surface area contributed by atoms with Gasteiger partial charge < -0.3 is 15.7 Å². The molecule has 2 amide bonds. The fourth-order valence-corrected chi connectivity index (χ4v) is 2.93. The molecule has 1 aromatic rings. The quantitative estimate of drug-likeness (QED) is 0.785. The highest BCUT2D eigenvalue weighted by atomic mass is 32.1. The maximum atomic E-state index is 11.7. The molecule has 1 heterocycles. The second kappa shape index (κ2) is 6.86. The molecule has 1 aliphatic rings. The van der Waals surface area contributed by atoms with E-state index in [2.05, 4.69) is 15.6 Å². The van der Waals surface area contributed by atoms with Crippen molar-refractivity contribution in [3.05, 3.63) is 16.1 Å². The van der Waals surface area contributed by atoms with Crippen LogP contribution in [0.1, 0.15) is 36.4 Å². The number of urea groups is 1. The zero-order valence-electron chi connectivity index (χ0n) is 11.2. The van der Waals surface area contributed by atoms with E-state index in [9.17, 15) is 9.90 Å². The standard InChI is InChI=1S/C13H21N3O2S/c1-9-15-11(8-19-9)6-7-14-13(18)16-10-2-4-12(17)5-3-10/h8,10,12,17H,2-7H2,1H3,(H2,14,16,18). The first-order valence-electron chi connectivity index (χ1n) is 6.77. The topological polar surface area (TPSA) is 74.2 Å². The van der Waals surface area contributed by atoms with E-state index < -0.39 is 0 Å². The maximum Gasteiger partial charge on any atom is 0.315 e. The van der Waals surface area contributed by atoms with Gasteiger partial charge >= 0.3 is 6.03 Å². The number of hydrogen-bond acceptors (Lipinski definition) is 4. The molecule has 0 radical (unpaired) electrons. The van der Waals surface area contributed by atoms with Crippen LogP contribution in [-0.4, -0.2) is 34.8 Å². The number of carbonyl (C=O) groups excluding carboxylic acids is 1. The van der Waals surface area contributed by atoms with Crippen LogP contribution in [0, 0.1) is 6.92 Å². The van der Waals surface area contributed by atoms with Crippen molar-refractivity contribution >= 4 is 17.4 Å². The Morgan fingerprint density at radius 3 is 2.84 bits per heavy atom. The molecule has 3 N–H and O–H groups in total. The molecule has 6 heteroatoms. The summed E-state index contributed by atoms with van der Waals surface area (Å²) in [6, 6.07) is 0.0817. The minimum atomic E-state index is -0.186. The van der Waals surface area contributed by atoms with Gasteiger partial charge in [-0.05, 0) is 32.6 Å². The Morgan fingerprint density at radius 1 is 1.47 bits per heavy atom. The lowest BCUT2D eigenvalue weighted by Gasteiger charge is -2.26. The smallest absolute Gasteiger partial charge is 0.315 e. The highest BCUT2D eigenvalue weighted by Crippen LogP contribution is 2.18. The Hall–Kier alpha value is -1.14. The van der Waals surface area contributed by atoms with E-state index in [0.29, 0.717) is 6.54 Å². The van der Waals surface area contributed by atoms with Crippen molar-refractivity contribution in [1.29, 1.82) is 0 Å². The third kappa shape index (κ3) is 4.80. The van der Waals surface area contributed by atoms with Crippen LogP contribution in [0.4, 0.5) is 4.79 Å². The molecule has 0 spiro atoms. The maximum absolute atomic E-state index is 11.7. The molecule has 1 fully saturated rings. The van der Waals surface area contributed by atoms with Gasteiger partial charge in [-0.1, -0.05) is 0 Å². The number of rotatable bonds is 4. The molecule has 5 nitrogen and oxygen atoms in total. The van der Waals surface area contributed by atoms with Gasteiger partial charge in [-0.25, -0.2) is 9.78 Å². The number of amides is 2. The number of nitrogens with one attached hydrogen (secondary N) is 2. The summed E-state index contributed by atoms with van der Waals surface area (Å²) in [6.45, 7) is 2.58. The molecule has 1 aromatic heterocycles. The highest BCUT2D eigenvalue weighted by molar-refractivity contribution is 7.09. The SMILES string of the molecule is Cc1nc(CCNC(=O)NC2CCC(O)CC2)cs1. The normalized spacial score (nSPS) is 23.1. The number of aromatic nitrogens is 1. The molecular formula is C13H21N3O2S. The van der Waals surface area contributed by atoms with E-state index in [1.54, 1.807) is 11.3 Å². The number of thiazole rings is 1. The molecule has 106 valence electrons. The van der Waals surface area contributed by atoms with Crippen LogP contribution >= 0.6 is 11.3 Å². The number of aryl methyl sites for hydroxylation is 1. The average molecular weight is 283 g/mol. The van der Waals surface area contributed by atoms with Crippen LogP contribution in [0.2, 0.25) is 0 Å². The van der Waals surface area contributed by atoms with Crippen molar-refractivity contribution in [3.63, 3.8) is 0 Å². The highest BCUT2D eigenvalue weighted by Gasteiger charge is 2.20. The summed E-state index contributed by atoms with van der Waals surface area (Å²) in [7, 11) is 0. The van der Waals surface area contributed by atoms with Gasteiger partial charge in [0.15, 0.2) is 0 Å². The van der Waals surface area contributed by atoms with Gasteiger partial charge in [-0.3, -0.25) is 0 Å². The lowest BCUT2D eigenvalue weighted by atomic mass is 9.93. The molecule has 0 saturated heterocycles. The predicted octanol–water partition coefficient (Wildman–Crippen LogP) is 1.60. The number of aliphatic hydroxyl groups excluding tert-OH is 1. The van der Waals surface area contributed by atoms with Crippen molar-refractivity contribution in [2.24, 2.45) is 0 Å². The van der Waals surface area contributed by atoms with Gasteiger partial charge in [0.05, 0.1) is 16.8 Å². The molecule has 0 aromatic carbocycles. The summed E-state index contributed by atoms with van der Waals surface area (Å²) in [4.78, 5) is 16.0. The Bertz CT molecular complexity index is 414. The molecule has 0 aliphatic heterocycles. The Balaban J connectivity index is 1.62. The summed E-state index contributed by atoms with van der Waals surface area (Å²) in [5.41, 5.74) is 1.03. The molecule has 19 heavy (non-hydrogen) atoms. The van der Waals surface area contributed by atoms with Crippen molar-refractivity contribution < 1.29 is 9.90 Å². The Morgan fingerprint density at radius 2 is 2.21 bits per heavy atom. The molecule has 0 atom stereocenters. The van der Waals surface area contributed by atoms with Crippen molar-refractivity contribution in [2.45, 2.75) is 51.2 Å². The first-order valence-corrected chi connectivity index (χ1v) is 7.65. The van der Waals surface area contributed by atoms with E-state index in [1.807, 2.05) is 12.3 Å². The van der Waals surface area contributed by atoms with E-state index in [0.717, 1.165) is 42.8 Å². The van der Waals surface area contributed by atoms with Gasteiger partial charge in [0.25, 0.3) is 0 Å². The second-order valence-corrected chi connectivity index (χ2v) is 6.08. The molecule has 2 rings (SSSR count). The van der Waals surface area contributed by atoms with E-state index in [-0.39, 0.29) is 18.2 Å². The summed E-state index contributed by atoms with van der Waals surface area (Å²) >= 11 is 1.63. The lowest BCUT2D eigenvalue weighted by molar-refractivity contribution is 0.117. The first-order chi connectivity index (χ1) is 9.13. The summed E-state index contributed by atoms with van der Waals surface area (Å²) in [6.07, 6.45) is 3.86. The number of aliphatic hydroxyl groups is 1. The molecule has 1 aliphatic carbocycles. The number of nitrogens with zero attached hydrogens (tertiary/aromatic N) is 1. The fourth-order valence-electron chi connectivity index (χ4n) is 2.28. The van der Waals surface area contributed by atoms with Crippen LogP contribution in [0.15, 0.2) is 5.38 Å². The molecule has 0 bridgehead atoms. The van der Waals surface area contributed by atoms with Crippen molar-refractivity contribution in [3.8, 4) is 0 Å². The third-order valence-corrected chi connectivity index (χ3v) is 4.19. The monoisotopic (exact) mass is 283 g/mol. The Kier molecular flexibility index (Phi) is 5.15. The van der Waals surface area contributed by atoms with Crippen LogP contribution in [-0.2, 0) is 6.42 Å². The van der Waals surface area contributed by atoms with Crippen LogP contribution in [0.3, 0.4) is 0 Å². The number of hydrogen-bond donors (Lipinski definition) is 3. The zero-order valence-corrected chi connectivity index (χ0v) is 12.0. The van der Waals surface area contributed by atoms with Crippen LogP contribution < -0.4 is 10.6 Å². The van der Waals surface area contributed by atoms with E-state index in [1.165, 1.54) is 0 Å². The third-order valence-electron chi connectivity index (χ3n) is 3.37. The van der Waals surface area contributed by atoms with E-state index >= 15 is 0 Å². The van der Waals surface area contributed by atoms with Gasteiger partial charge in [0.2, 0.25) is 0 Å². The molecular weight excluding hydrogens is 262 g/mol. The van der Waals surface area contributed by atoms with Crippen molar-refractivity contribution in [2.75, 3.05) is 6.54 Å². The summed E-state index contributed by atoms with van der Waals surface area (Å²) in [5.74, 6) is 0. The second-order valence-electron chi connectivity index (χ2n) is 5.01. The number of carbonyl (C=O) groups is 1. The zero-order chi connectivity index (χ0) is 13.7. The van der Waals surface area contributed by atoms with Crippen molar-refractivity contribution in [1.82, 2.24) is 15.6 Å².